The molecule has 0 bridgehead atoms. The van der Waals surface area contributed by atoms with Crippen molar-refractivity contribution in [3.8, 4) is 11.8 Å². The summed E-state index contributed by atoms with van der Waals surface area (Å²) in [6.45, 7) is 4.39. The summed E-state index contributed by atoms with van der Waals surface area (Å²) in [5.74, 6) is 1.74. The summed E-state index contributed by atoms with van der Waals surface area (Å²) in [7, 11) is 0. The second-order valence-corrected chi connectivity index (χ2v) is 6.29. The first kappa shape index (κ1) is 16.1. The van der Waals surface area contributed by atoms with E-state index in [0.29, 0.717) is 31.2 Å². The number of ether oxygens (including phenoxy) is 1. The molecule has 0 radical (unpaired) electrons. The van der Waals surface area contributed by atoms with Crippen LogP contribution >= 0.6 is 0 Å². The Kier molecular flexibility index (Phi) is 4.26. The average molecular weight is 325 g/mol. The van der Waals surface area contributed by atoms with Crippen LogP contribution in [0.4, 0.5) is 0 Å². The second kappa shape index (κ2) is 6.36. The minimum atomic E-state index is -1.03. The Bertz CT molecular complexity index is 775. The normalized spacial score (nSPS) is 14.0. The number of rotatable bonds is 4. The van der Waals surface area contributed by atoms with Gasteiger partial charge in [-0.25, -0.2) is 4.98 Å². The molecule has 3 rings (SSSR count). The van der Waals surface area contributed by atoms with Gasteiger partial charge in [-0.2, -0.15) is 5.26 Å². The van der Waals surface area contributed by atoms with Crippen molar-refractivity contribution in [2.24, 2.45) is 5.41 Å². The van der Waals surface area contributed by atoms with Crippen molar-refractivity contribution in [3.05, 3.63) is 47.7 Å². The van der Waals surface area contributed by atoms with Crippen molar-refractivity contribution in [1.29, 1.82) is 5.26 Å². The lowest BCUT2D eigenvalue weighted by Gasteiger charge is -2.29. The number of benzene rings is 1. The Labute approximate surface area is 140 Å². The minimum Gasteiger partial charge on any atom is -0.484 e. The number of carbonyl (C=O) groups is 1. The Morgan fingerprint density at radius 3 is 2.88 bits per heavy atom. The van der Waals surface area contributed by atoms with Crippen LogP contribution in [0, 0.1) is 16.7 Å². The number of carbonyl (C=O) groups excluding carboxylic acids is 1. The molecule has 0 atom stereocenters. The third kappa shape index (κ3) is 3.25. The van der Waals surface area contributed by atoms with E-state index in [1.165, 1.54) is 0 Å². The number of nitriles is 1. The van der Waals surface area contributed by atoms with Crippen molar-refractivity contribution in [3.63, 3.8) is 0 Å². The van der Waals surface area contributed by atoms with Crippen molar-refractivity contribution >= 4 is 5.91 Å². The van der Waals surface area contributed by atoms with Gasteiger partial charge in [-0.15, -0.1) is 0 Å². The fourth-order valence-corrected chi connectivity index (χ4v) is 2.59. The maximum absolute atomic E-state index is 12.4. The zero-order valence-electron chi connectivity index (χ0n) is 13.8. The van der Waals surface area contributed by atoms with Crippen LogP contribution in [-0.2, 0) is 24.4 Å². The van der Waals surface area contributed by atoms with Gasteiger partial charge in [-0.3, -0.25) is 4.79 Å². The molecule has 1 aliphatic heterocycles. The van der Waals surface area contributed by atoms with Crippen LogP contribution in [0.1, 0.15) is 31.2 Å². The van der Waals surface area contributed by atoms with Crippen molar-refractivity contribution in [2.45, 2.75) is 33.4 Å². The van der Waals surface area contributed by atoms with E-state index < -0.39 is 5.41 Å². The Balaban J connectivity index is 1.67. The molecule has 1 amide bonds. The molecule has 0 N–H and O–H groups in total. The zero-order valence-corrected chi connectivity index (χ0v) is 13.8. The van der Waals surface area contributed by atoms with Crippen LogP contribution in [0.5, 0.6) is 5.75 Å². The molecule has 24 heavy (non-hydrogen) atoms. The van der Waals surface area contributed by atoms with E-state index in [2.05, 4.69) is 4.98 Å². The molecule has 0 aliphatic carbocycles. The first-order chi connectivity index (χ1) is 11.5. The number of nitrogens with zero attached hydrogens (tertiary/aromatic N) is 3. The summed E-state index contributed by atoms with van der Waals surface area (Å²) in [6, 6.07) is 11.5. The lowest BCUT2D eigenvalue weighted by atomic mass is 9.93. The minimum absolute atomic E-state index is 0.186. The number of para-hydroxylation sites is 1. The van der Waals surface area contributed by atoms with Gasteiger partial charge in [0.05, 0.1) is 18.3 Å². The molecule has 1 aliphatic rings. The van der Waals surface area contributed by atoms with E-state index in [0.717, 1.165) is 11.4 Å². The SMILES string of the molecule is CC(C)(C#N)C(=O)N1CCc2nc(COc3ccccc3)oc2C1. The van der Waals surface area contributed by atoms with Crippen LogP contribution in [0.3, 0.4) is 0 Å². The van der Waals surface area contributed by atoms with E-state index >= 15 is 0 Å². The third-order valence-corrected chi connectivity index (χ3v) is 3.98. The Hall–Kier alpha value is -2.81. The molecular formula is C18H19N3O3. The second-order valence-electron chi connectivity index (χ2n) is 6.29. The Morgan fingerprint density at radius 2 is 2.17 bits per heavy atom. The first-order valence-electron chi connectivity index (χ1n) is 7.85. The van der Waals surface area contributed by atoms with Crippen LogP contribution in [0.2, 0.25) is 0 Å². The summed E-state index contributed by atoms with van der Waals surface area (Å²) in [4.78, 5) is 18.5. The molecule has 0 spiro atoms. The number of hydrogen-bond donors (Lipinski definition) is 0. The number of aromatic nitrogens is 1. The Morgan fingerprint density at radius 1 is 1.42 bits per heavy atom. The van der Waals surface area contributed by atoms with Gasteiger partial charge in [0.1, 0.15) is 16.9 Å². The molecule has 0 unspecified atom stereocenters. The van der Waals surface area contributed by atoms with Gasteiger partial charge in [0.2, 0.25) is 11.8 Å². The highest BCUT2D eigenvalue weighted by Gasteiger charge is 2.35. The van der Waals surface area contributed by atoms with E-state index in [1.54, 1.807) is 18.7 Å². The van der Waals surface area contributed by atoms with Crippen molar-refractivity contribution in [2.75, 3.05) is 6.54 Å². The van der Waals surface area contributed by atoms with Crippen molar-refractivity contribution in [1.82, 2.24) is 9.88 Å². The molecule has 0 saturated heterocycles. The highest BCUT2D eigenvalue weighted by Crippen LogP contribution is 2.25. The van der Waals surface area contributed by atoms with Gasteiger partial charge in [0.15, 0.2) is 6.61 Å². The fourth-order valence-electron chi connectivity index (χ4n) is 2.59. The van der Waals surface area contributed by atoms with E-state index in [9.17, 15) is 4.79 Å². The van der Waals surface area contributed by atoms with E-state index in [4.69, 9.17) is 14.4 Å². The topological polar surface area (TPSA) is 79.4 Å². The first-order valence-corrected chi connectivity index (χ1v) is 7.85. The molecule has 0 fully saturated rings. The molecule has 2 aromatic rings. The molecule has 6 heteroatoms. The van der Waals surface area contributed by atoms with Crippen LogP contribution in [-0.4, -0.2) is 22.3 Å². The molecule has 2 heterocycles. The quantitative estimate of drug-likeness (QED) is 0.863. The van der Waals surface area contributed by atoms with Gasteiger partial charge in [0, 0.05) is 13.0 Å². The fraction of sp³-hybridized carbons (Fsp3) is 0.389. The monoisotopic (exact) mass is 325 g/mol. The summed E-state index contributed by atoms with van der Waals surface area (Å²) in [5, 5.41) is 9.12. The molecule has 0 saturated carbocycles. The highest BCUT2D eigenvalue weighted by atomic mass is 16.5. The van der Waals surface area contributed by atoms with Gasteiger partial charge in [-0.1, -0.05) is 18.2 Å². The summed E-state index contributed by atoms with van der Waals surface area (Å²) in [5.41, 5.74) is -0.169. The van der Waals surface area contributed by atoms with Crippen LogP contribution in [0.25, 0.3) is 0 Å². The smallest absolute Gasteiger partial charge is 0.242 e. The third-order valence-electron chi connectivity index (χ3n) is 3.98. The molecular weight excluding hydrogens is 306 g/mol. The van der Waals surface area contributed by atoms with Gasteiger partial charge >= 0.3 is 0 Å². The maximum atomic E-state index is 12.4. The largest absolute Gasteiger partial charge is 0.484 e. The standard InChI is InChI=1S/C18H19N3O3/c1-18(2,12-19)17(22)21-9-8-14-15(10-21)24-16(20-14)11-23-13-6-4-3-5-7-13/h3-7H,8-11H2,1-2H3. The molecule has 1 aromatic heterocycles. The molecule has 124 valence electrons. The number of fused-ring (bicyclic) bond motifs is 1. The summed E-state index contributed by atoms with van der Waals surface area (Å²) < 4.78 is 11.4. The average Bonchev–Trinajstić information content (AvgIpc) is 3.02. The predicted molar refractivity (Wildman–Crippen MR) is 85.8 cm³/mol. The molecule has 6 nitrogen and oxygen atoms in total. The predicted octanol–water partition coefficient (Wildman–Crippen LogP) is 2.69. The van der Waals surface area contributed by atoms with Gasteiger partial charge in [0.25, 0.3) is 0 Å². The lowest BCUT2D eigenvalue weighted by molar-refractivity contribution is -0.138. The lowest BCUT2D eigenvalue weighted by Crippen LogP contribution is -2.42. The number of oxazole rings is 1. The van der Waals surface area contributed by atoms with Crippen LogP contribution < -0.4 is 4.74 Å². The maximum Gasteiger partial charge on any atom is 0.242 e. The van der Waals surface area contributed by atoms with Gasteiger partial charge < -0.3 is 14.1 Å². The number of amides is 1. The molecule has 1 aromatic carbocycles. The summed E-state index contributed by atoms with van der Waals surface area (Å²) >= 11 is 0. The number of hydrogen-bond acceptors (Lipinski definition) is 5. The zero-order chi connectivity index (χ0) is 17.2. The van der Waals surface area contributed by atoms with Gasteiger partial charge in [-0.05, 0) is 26.0 Å². The van der Waals surface area contributed by atoms with Crippen molar-refractivity contribution < 1.29 is 13.9 Å². The van der Waals surface area contributed by atoms with Crippen LogP contribution in [0.15, 0.2) is 34.7 Å². The highest BCUT2D eigenvalue weighted by molar-refractivity contribution is 5.84. The van der Waals surface area contributed by atoms with E-state index in [1.807, 2.05) is 36.4 Å². The van der Waals surface area contributed by atoms with E-state index in [-0.39, 0.29) is 12.5 Å². The summed E-state index contributed by atoms with van der Waals surface area (Å²) in [6.07, 6.45) is 0.622.